The summed E-state index contributed by atoms with van der Waals surface area (Å²) in [6.07, 6.45) is 1.71. The first-order chi connectivity index (χ1) is 12.6. The summed E-state index contributed by atoms with van der Waals surface area (Å²) in [6.45, 7) is 7.93. The number of aliphatic imine (C=N–C) groups is 1. The van der Waals surface area contributed by atoms with Gasteiger partial charge < -0.3 is 25.2 Å². The monoisotopic (exact) mass is 363 g/mol. The van der Waals surface area contributed by atoms with Crippen molar-refractivity contribution in [2.75, 3.05) is 46.6 Å². The van der Waals surface area contributed by atoms with Gasteiger partial charge in [-0.2, -0.15) is 0 Å². The molecular formula is C20H33N3O3. The zero-order valence-electron chi connectivity index (χ0n) is 16.3. The summed E-state index contributed by atoms with van der Waals surface area (Å²) >= 11 is 0. The van der Waals surface area contributed by atoms with Crippen LogP contribution in [0.1, 0.15) is 38.2 Å². The maximum Gasteiger partial charge on any atom is 0.191 e. The lowest BCUT2D eigenvalue weighted by molar-refractivity contribution is 0.127. The summed E-state index contributed by atoms with van der Waals surface area (Å²) in [7, 11) is 1.76. The van der Waals surface area contributed by atoms with Gasteiger partial charge >= 0.3 is 0 Å². The fourth-order valence-electron chi connectivity index (χ4n) is 3.22. The van der Waals surface area contributed by atoms with Crippen molar-refractivity contribution in [1.82, 2.24) is 10.6 Å². The van der Waals surface area contributed by atoms with Crippen LogP contribution in [0.2, 0.25) is 0 Å². The van der Waals surface area contributed by atoms with E-state index < -0.39 is 0 Å². The van der Waals surface area contributed by atoms with Crippen LogP contribution in [0.25, 0.3) is 0 Å². The second-order valence-electron chi connectivity index (χ2n) is 7.17. The van der Waals surface area contributed by atoms with E-state index in [1.807, 2.05) is 18.2 Å². The SMILES string of the molecule is CN=C(NCCOc1ccccc1C(C)C)NCC1(CCO)CCOC1. The molecule has 2 rings (SSSR count). The van der Waals surface area contributed by atoms with Gasteiger partial charge in [-0.25, -0.2) is 0 Å². The van der Waals surface area contributed by atoms with Crippen molar-refractivity contribution in [3.05, 3.63) is 29.8 Å². The molecule has 1 aliphatic heterocycles. The maximum absolute atomic E-state index is 9.31. The molecule has 1 heterocycles. The number of para-hydroxylation sites is 1. The van der Waals surface area contributed by atoms with E-state index in [0.717, 1.165) is 37.7 Å². The zero-order chi connectivity index (χ0) is 18.8. The van der Waals surface area contributed by atoms with Crippen molar-refractivity contribution in [3.63, 3.8) is 0 Å². The number of rotatable bonds is 9. The highest BCUT2D eigenvalue weighted by atomic mass is 16.5. The number of benzene rings is 1. The Labute approximate surface area is 157 Å². The topological polar surface area (TPSA) is 75.1 Å². The molecule has 1 fully saturated rings. The molecule has 0 radical (unpaired) electrons. The summed E-state index contributed by atoms with van der Waals surface area (Å²) in [5.74, 6) is 2.12. The molecule has 3 N–H and O–H groups in total. The molecule has 1 aromatic carbocycles. The third-order valence-electron chi connectivity index (χ3n) is 4.87. The van der Waals surface area contributed by atoms with Gasteiger partial charge in [0.2, 0.25) is 0 Å². The molecule has 0 bridgehead atoms. The van der Waals surface area contributed by atoms with Gasteiger partial charge in [0.25, 0.3) is 0 Å². The van der Waals surface area contributed by atoms with Gasteiger partial charge in [-0.15, -0.1) is 0 Å². The predicted molar refractivity (Wildman–Crippen MR) is 105 cm³/mol. The van der Waals surface area contributed by atoms with Crippen LogP contribution in [-0.2, 0) is 4.74 Å². The van der Waals surface area contributed by atoms with Crippen LogP contribution < -0.4 is 15.4 Å². The number of hydrogen-bond acceptors (Lipinski definition) is 4. The molecule has 1 saturated heterocycles. The Balaban J connectivity index is 1.76. The number of nitrogens with zero attached hydrogens (tertiary/aromatic N) is 1. The third-order valence-corrected chi connectivity index (χ3v) is 4.87. The summed E-state index contributed by atoms with van der Waals surface area (Å²) in [4.78, 5) is 4.27. The molecule has 1 atom stereocenters. The van der Waals surface area contributed by atoms with Crippen LogP contribution in [-0.4, -0.2) is 57.6 Å². The van der Waals surface area contributed by atoms with Gasteiger partial charge in [0.1, 0.15) is 12.4 Å². The molecule has 146 valence electrons. The van der Waals surface area contributed by atoms with E-state index in [2.05, 4.69) is 35.5 Å². The van der Waals surface area contributed by atoms with Crippen molar-refractivity contribution in [2.45, 2.75) is 32.6 Å². The Hall–Kier alpha value is -1.79. The Morgan fingerprint density at radius 1 is 1.35 bits per heavy atom. The third kappa shape index (κ3) is 5.88. The molecule has 1 aromatic rings. The highest BCUT2D eigenvalue weighted by molar-refractivity contribution is 5.79. The summed E-state index contributed by atoms with van der Waals surface area (Å²) in [5.41, 5.74) is 1.22. The molecule has 1 aliphatic rings. The van der Waals surface area contributed by atoms with Gasteiger partial charge in [0, 0.05) is 32.2 Å². The fourth-order valence-corrected chi connectivity index (χ4v) is 3.22. The molecule has 0 saturated carbocycles. The van der Waals surface area contributed by atoms with E-state index in [9.17, 15) is 5.11 Å². The molecular weight excluding hydrogens is 330 g/mol. The van der Waals surface area contributed by atoms with Crippen molar-refractivity contribution < 1.29 is 14.6 Å². The minimum absolute atomic E-state index is 0.000918. The minimum Gasteiger partial charge on any atom is -0.491 e. The van der Waals surface area contributed by atoms with E-state index >= 15 is 0 Å². The second-order valence-corrected chi connectivity index (χ2v) is 7.17. The molecule has 26 heavy (non-hydrogen) atoms. The molecule has 6 heteroatoms. The standard InChI is InChI=1S/C20H33N3O3/c1-16(2)17-6-4-5-7-18(17)26-13-10-22-19(21-3)23-14-20(8-11-24)9-12-25-15-20/h4-7,16,24H,8-15H2,1-3H3,(H2,21,22,23). The Morgan fingerprint density at radius 3 is 2.81 bits per heavy atom. The van der Waals surface area contributed by atoms with E-state index in [1.54, 1.807) is 7.05 Å². The summed E-state index contributed by atoms with van der Waals surface area (Å²) in [6, 6.07) is 8.17. The van der Waals surface area contributed by atoms with Gasteiger partial charge in [-0.3, -0.25) is 4.99 Å². The van der Waals surface area contributed by atoms with Gasteiger partial charge in [0.15, 0.2) is 5.96 Å². The minimum atomic E-state index is -0.000918. The first-order valence-electron chi connectivity index (χ1n) is 9.45. The molecule has 0 aliphatic carbocycles. The molecule has 0 amide bonds. The number of aliphatic hydroxyl groups is 1. The average molecular weight is 364 g/mol. The molecule has 0 aromatic heterocycles. The highest BCUT2D eigenvalue weighted by Crippen LogP contribution is 2.31. The normalized spacial score (nSPS) is 20.4. The van der Waals surface area contributed by atoms with Crippen molar-refractivity contribution in [1.29, 1.82) is 0 Å². The second kappa shape index (κ2) is 10.4. The van der Waals surface area contributed by atoms with Crippen LogP contribution >= 0.6 is 0 Å². The van der Waals surface area contributed by atoms with Crippen LogP contribution in [0, 0.1) is 5.41 Å². The average Bonchev–Trinajstić information content (AvgIpc) is 3.10. The molecule has 6 nitrogen and oxygen atoms in total. The Kier molecular flexibility index (Phi) is 8.19. The van der Waals surface area contributed by atoms with Gasteiger partial charge in [-0.1, -0.05) is 32.0 Å². The summed E-state index contributed by atoms with van der Waals surface area (Å²) < 4.78 is 11.5. The quantitative estimate of drug-likeness (QED) is 0.356. The predicted octanol–water partition coefficient (Wildman–Crippen LogP) is 2.14. The Bertz CT molecular complexity index is 569. The van der Waals surface area contributed by atoms with Gasteiger partial charge in [0.05, 0.1) is 13.2 Å². The van der Waals surface area contributed by atoms with Gasteiger partial charge in [-0.05, 0) is 30.4 Å². The first kappa shape index (κ1) is 20.5. The van der Waals surface area contributed by atoms with Crippen molar-refractivity contribution >= 4 is 5.96 Å². The largest absolute Gasteiger partial charge is 0.491 e. The number of hydrogen-bond donors (Lipinski definition) is 3. The zero-order valence-corrected chi connectivity index (χ0v) is 16.3. The van der Waals surface area contributed by atoms with Crippen LogP contribution in [0.15, 0.2) is 29.3 Å². The van der Waals surface area contributed by atoms with E-state index in [-0.39, 0.29) is 12.0 Å². The lowest BCUT2D eigenvalue weighted by Crippen LogP contribution is -2.45. The number of ether oxygens (including phenoxy) is 2. The van der Waals surface area contributed by atoms with E-state index in [0.29, 0.717) is 25.7 Å². The summed E-state index contributed by atoms with van der Waals surface area (Å²) in [5, 5.41) is 16.0. The van der Waals surface area contributed by atoms with Crippen LogP contribution in [0.3, 0.4) is 0 Å². The van der Waals surface area contributed by atoms with Crippen molar-refractivity contribution in [3.8, 4) is 5.75 Å². The van der Waals surface area contributed by atoms with Crippen LogP contribution in [0.5, 0.6) is 5.75 Å². The van der Waals surface area contributed by atoms with E-state index in [4.69, 9.17) is 9.47 Å². The van der Waals surface area contributed by atoms with Crippen LogP contribution in [0.4, 0.5) is 0 Å². The lowest BCUT2D eigenvalue weighted by Gasteiger charge is -2.27. The smallest absolute Gasteiger partial charge is 0.191 e. The number of guanidine groups is 1. The maximum atomic E-state index is 9.31. The molecule has 0 spiro atoms. The lowest BCUT2D eigenvalue weighted by atomic mass is 9.84. The van der Waals surface area contributed by atoms with Crippen molar-refractivity contribution in [2.24, 2.45) is 10.4 Å². The first-order valence-corrected chi connectivity index (χ1v) is 9.45. The number of aliphatic hydroxyl groups excluding tert-OH is 1. The highest BCUT2D eigenvalue weighted by Gasteiger charge is 2.34. The van der Waals surface area contributed by atoms with E-state index in [1.165, 1.54) is 5.56 Å². The Morgan fingerprint density at radius 2 is 2.15 bits per heavy atom. The molecule has 1 unspecified atom stereocenters. The fraction of sp³-hybridized carbons (Fsp3) is 0.650. The number of nitrogens with one attached hydrogen (secondary N) is 2.